The fourth-order valence-electron chi connectivity index (χ4n) is 1.60. The van der Waals surface area contributed by atoms with Gasteiger partial charge in [-0.3, -0.25) is 11.3 Å². The minimum absolute atomic E-state index is 0.0415. The van der Waals surface area contributed by atoms with Gasteiger partial charge in [0, 0.05) is 6.04 Å². The van der Waals surface area contributed by atoms with E-state index in [-0.39, 0.29) is 23.7 Å². The lowest BCUT2D eigenvalue weighted by molar-refractivity contribution is 0.0613. The maximum Gasteiger partial charge on any atom is 0.165 e. The van der Waals surface area contributed by atoms with Crippen LogP contribution in [0.2, 0.25) is 0 Å². The van der Waals surface area contributed by atoms with E-state index in [9.17, 15) is 4.39 Å². The predicted molar refractivity (Wildman–Crippen MR) is 68.9 cm³/mol. The number of methoxy groups -OCH3 is 1. The zero-order valence-corrected chi connectivity index (χ0v) is 11.1. The van der Waals surface area contributed by atoms with Gasteiger partial charge in [0.1, 0.15) is 0 Å². The van der Waals surface area contributed by atoms with Crippen LogP contribution < -0.4 is 16.0 Å². The molecule has 0 saturated carbocycles. The van der Waals surface area contributed by atoms with Gasteiger partial charge in [0.15, 0.2) is 11.6 Å². The molecule has 0 fully saturated rings. The lowest BCUT2D eigenvalue weighted by Crippen LogP contribution is -2.40. The van der Waals surface area contributed by atoms with Crippen molar-refractivity contribution in [3.8, 4) is 5.75 Å². The van der Waals surface area contributed by atoms with Crippen LogP contribution in [-0.4, -0.2) is 25.9 Å². The molecule has 1 aromatic rings. The average Bonchev–Trinajstić information content (AvgIpc) is 2.34. The molecule has 3 N–H and O–H groups in total. The highest BCUT2D eigenvalue weighted by Crippen LogP contribution is 2.18. The summed E-state index contributed by atoms with van der Waals surface area (Å²) in [5.41, 5.74) is 3.53. The van der Waals surface area contributed by atoms with E-state index < -0.39 is 0 Å². The van der Waals surface area contributed by atoms with Gasteiger partial charge in [0.2, 0.25) is 0 Å². The van der Waals surface area contributed by atoms with Gasteiger partial charge in [0.25, 0.3) is 0 Å². The molecule has 5 heteroatoms. The van der Waals surface area contributed by atoms with Crippen LogP contribution in [-0.2, 0) is 11.2 Å². The van der Waals surface area contributed by atoms with E-state index in [1.807, 2.05) is 19.9 Å². The van der Waals surface area contributed by atoms with E-state index in [2.05, 4.69) is 5.43 Å². The van der Waals surface area contributed by atoms with Crippen molar-refractivity contribution in [3.05, 3.63) is 29.6 Å². The second-order valence-corrected chi connectivity index (χ2v) is 4.42. The number of ether oxygens (including phenoxy) is 2. The number of hydrazine groups is 1. The van der Waals surface area contributed by atoms with Gasteiger partial charge in [-0.2, -0.15) is 0 Å². The summed E-state index contributed by atoms with van der Waals surface area (Å²) in [6, 6.07) is 4.85. The van der Waals surface area contributed by atoms with Crippen LogP contribution in [0, 0.1) is 5.82 Å². The number of nitrogens with one attached hydrogen (secondary N) is 1. The molecule has 0 aliphatic rings. The minimum Gasteiger partial charge on any atom is -0.494 e. The van der Waals surface area contributed by atoms with Crippen molar-refractivity contribution in [1.29, 1.82) is 0 Å². The third kappa shape index (κ3) is 4.60. The molecule has 1 aromatic carbocycles. The monoisotopic (exact) mass is 256 g/mol. The molecule has 0 spiro atoms. The number of nitrogens with two attached hydrogens (primary N) is 1. The number of hydrogen-bond acceptors (Lipinski definition) is 4. The molecular weight excluding hydrogens is 235 g/mol. The molecule has 0 aliphatic carbocycles. The number of benzene rings is 1. The molecule has 0 aromatic heterocycles. The van der Waals surface area contributed by atoms with Crippen LogP contribution in [0.25, 0.3) is 0 Å². The Morgan fingerprint density at radius 1 is 1.39 bits per heavy atom. The zero-order chi connectivity index (χ0) is 13.5. The fraction of sp³-hybridized carbons (Fsp3) is 0.538. The van der Waals surface area contributed by atoms with E-state index in [0.717, 1.165) is 5.56 Å². The summed E-state index contributed by atoms with van der Waals surface area (Å²) in [5.74, 6) is 5.33. The SMILES string of the molecule is COc1ccc(CC(COC(C)C)NN)cc1F. The molecule has 102 valence electrons. The molecule has 1 unspecified atom stereocenters. The smallest absolute Gasteiger partial charge is 0.165 e. The van der Waals surface area contributed by atoms with E-state index in [0.29, 0.717) is 13.0 Å². The molecule has 1 rings (SSSR count). The van der Waals surface area contributed by atoms with Gasteiger partial charge in [-0.15, -0.1) is 0 Å². The third-order valence-electron chi connectivity index (χ3n) is 2.56. The Kier molecular flexibility index (Phi) is 6.04. The Morgan fingerprint density at radius 3 is 2.61 bits per heavy atom. The molecule has 0 radical (unpaired) electrons. The van der Waals surface area contributed by atoms with Gasteiger partial charge in [0.05, 0.1) is 19.8 Å². The summed E-state index contributed by atoms with van der Waals surface area (Å²) < 4.78 is 23.9. The summed E-state index contributed by atoms with van der Waals surface area (Å²) in [7, 11) is 1.44. The first-order valence-electron chi connectivity index (χ1n) is 5.97. The second-order valence-electron chi connectivity index (χ2n) is 4.42. The predicted octanol–water partition coefficient (Wildman–Crippen LogP) is 1.63. The number of rotatable bonds is 7. The first kappa shape index (κ1) is 14.9. The molecule has 0 amide bonds. The standard InChI is InChI=1S/C13H21FN2O2/c1-9(2)18-8-11(16-15)6-10-4-5-13(17-3)12(14)7-10/h4-5,7,9,11,16H,6,8,15H2,1-3H3. The average molecular weight is 256 g/mol. The summed E-state index contributed by atoms with van der Waals surface area (Å²) in [6.45, 7) is 4.41. The molecule has 18 heavy (non-hydrogen) atoms. The summed E-state index contributed by atoms with van der Waals surface area (Å²) >= 11 is 0. The number of hydrogen-bond donors (Lipinski definition) is 2. The van der Waals surface area contributed by atoms with Crippen molar-refractivity contribution in [2.75, 3.05) is 13.7 Å². The number of halogens is 1. The summed E-state index contributed by atoms with van der Waals surface area (Å²) in [6.07, 6.45) is 0.748. The maximum absolute atomic E-state index is 13.5. The Labute approximate surface area is 107 Å². The van der Waals surface area contributed by atoms with Crippen LogP contribution in [0.5, 0.6) is 5.75 Å². The Morgan fingerprint density at radius 2 is 2.11 bits per heavy atom. The topological polar surface area (TPSA) is 56.5 Å². The molecule has 0 aliphatic heterocycles. The quantitative estimate of drug-likeness (QED) is 0.575. The highest BCUT2D eigenvalue weighted by atomic mass is 19.1. The molecule has 0 heterocycles. The minimum atomic E-state index is -0.365. The Hall–Kier alpha value is -1.17. The van der Waals surface area contributed by atoms with Crippen LogP contribution in [0.15, 0.2) is 18.2 Å². The third-order valence-corrected chi connectivity index (χ3v) is 2.56. The highest BCUT2D eigenvalue weighted by molar-refractivity contribution is 5.29. The van der Waals surface area contributed by atoms with E-state index >= 15 is 0 Å². The second kappa shape index (κ2) is 7.31. The van der Waals surface area contributed by atoms with Crippen LogP contribution >= 0.6 is 0 Å². The van der Waals surface area contributed by atoms with Crippen molar-refractivity contribution in [2.24, 2.45) is 5.84 Å². The Balaban J connectivity index is 2.61. The first-order chi connectivity index (χ1) is 8.56. The fourth-order valence-corrected chi connectivity index (χ4v) is 1.60. The lowest BCUT2D eigenvalue weighted by Gasteiger charge is -2.18. The van der Waals surface area contributed by atoms with Gasteiger partial charge in [-0.05, 0) is 38.0 Å². The molecule has 1 atom stereocenters. The van der Waals surface area contributed by atoms with Crippen LogP contribution in [0.1, 0.15) is 19.4 Å². The summed E-state index contributed by atoms with van der Waals surface area (Å²) in [5, 5.41) is 0. The van der Waals surface area contributed by atoms with E-state index in [1.165, 1.54) is 13.2 Å². The van der Waals surface area contributed by atoms with Crippen molar-refractivity contribution in [3.63, 3.8) is 0 Å². The van der Waals surface area contributed by atoms with Gasteiger partial charge >= 0.3 is 0 Å². The molecular formula is C13H21FN2O2. The lowest BCUT2D eigenvalue weighted by atomic mass is 10.1. The van der Waals surface area contributed by atoms with E-state index in [1.54, 1.807) is 6.07 Å². The van der Waals surface area contributed by atoms with Crippen LogP contribution in [0.4, 0.5) is 4.39 Å². The normalized spacial score (nSPS) is 12.8. The van der Waals surface area contributed by atoms with Crippen molar-refractivity contribution in [1.82, 2.24) is 5.43 Å². The van der Waals surface area contributed by atoms with E-state index in [4.69, 9.17) is 15.3 Å². The van der Waals surface area contributed by atoms with Crippen molar-refractivity contribution >= 4 is 0 Å². The highest BCUT2D eigenvalue weighted by Gasteiger charge is 2.11. The first-order valence-corrected chi connectivity index (χ1v) is 5.97. The Bertz CT molecular complexity index is 372. The van der Waals surface area contributed by atoms with Crippen molar-refractivity contribution < 1.29 is 13.9 Å². The van der Waals surface area contributed by atoms with Gasteiger partial charge in [-0.25, -0.2) is 4.39 Å². The van der Waals surface area contributed by atoms with Gasteiger partial charge < -0.3 is 9.47 Å². The molecule has 0 bridgehead atoms. The zero-order valence-electron chi connectivity index (χ0n) is 11.1. The van der Waals surface area contributed by atoms with Crippen molar-refractivity contribution in [2.45, 2.75) is 32.4 Å². The maximum atomic E-state index is 13.5. The molecule has 0 saturated heterocycles. The van der Waals surface area contributed by atoms with Crippen LogP contribution in [0.3, 0.4) is 0 Å². The summed E-state index contributed by atoms with van der Waals surface area (Å²) in [4.78, 5) is 0. The largest absolute Gasteiger partial charge is 0.494 e. The van der Waals surface area contributed by atoms with Gasteiger partial charge in [-0.1, -0.05) is 6.07 Å². The molecule has 4 nitrogen and oxygen atoms in total.